The first-order valence-electron chi connectivity index (χ1n) is 4.50. The summed E-state index contributed by atoms with van der Waals surface area (Å²) in [5.74, 6) is 0. The highest BCUT2D eigenvalue weighted by Gasteiger charge is 2.37. The van der Waals surface area contributed by atoms with Crippen LogP contribution in [0.1, 0.15) is 27.7 Å². The van der Waals surface area contributed by atoms with E-state index in [1.54, 1.807) is 4.90 Å². The summed E-state index contributed by atoms with van der Waals surface area (Å²) >= 11 is 4.93. The largest absolute Gasteiger partial charge is 0.394 e. The Labute approximate surface area is 90.7 Å². The summed E-state index contributed by atoms with van der Waals surface area (Å²) in [5.41, 5.74) is 4.45. The maximum atomic E-state index is 9.23. The Hall–Kier alpha value is -0.390. The zero-order valence-corrected chi connectivity index (χ0v) is 10.1. The summed E-state index contributed by atoms with van der Waals surface area (Å²) < 4.78 is 0. The van der Waals surface area contributed by atoms with Crippen LogP contribution in [0.4, 0.5) is 0 Å². The molecule has 0 bridgehead atoms. The summed E-state index contributed by atoms with van der Waals surface area (Å²) in [7, 11) is 0. The third kappa shape index (κ3) is 2.80. The molecule has 0 fully saturated rings. The van der Waals surface area contributed by atoms with E-state index in [1.165, 1.54) is 0 Å². The zero-order valence-electron chi connectivity index (χ0n) is 9.24. The van der Waals surface area contributed by atoms with Gasteiger partial charge >= 0.3 is 0 Å². The summed E-state index contributed by atoms with van der Waals surface area (Å²) in [4.78, 5) is 1.66. The minimum atomic E-state index is -0.571. The maximum Gasteiger partial charge on any atom is 0.167 e. The molecule has 0 atom stereocenters. The summed E-state index contributed by atoms with van der Waals surface area (Å²) in [6.45, 7) is 7.14. The average molecular weight is 220 g/mol. The van der Waals surface area contributed by atoms with Crippen molar-refractivity contribution in [2.24, 2.45) is 5.73 Å². The number of hydrogen-bond acceptors (Lipinski definition) is 3. The van der Waals surface area contributed by atoms with Crippen LogP contribution in [0.3, 0.4) is 0 Å². The van der Waals surface area contributed by atoms with Gasteiger partial charge in [-0.1, -0.05) is 0 Å². The van der Waals surface area contributed by atoms with Gasteiger partial charge in [-0.05, 0) is 39.9 Å². The van der Waals surface area contributed by atoms with Crippen LogP contribution in [0.15, 0.2) is 0 Å². The van der Waals surface area contributed by atoms with Crippen LogP contribution in [0.2, 0.25) is 0 Å². The summed E-state index contributed by atoms with van der Waals surface area (Å²) in [6.07, 6.45) is 0. The second-order valence-electron chi connectivity index (χ2n) is 4.61. The second kappa shape index (κ2) is 4.42. The van der Waals surface area contributed by atoms with Crippen LogP contribution in [-0.2, 0) is 0 Å². The van der Waals surface area contributed by atoms with E-state index in [-0.39, 0.29) is 18.3 Å². The normalized spacial score (nSPS) is 12.7. The van der Waals surface area contributed by atoms with Crippen molar-refractivity contribution < 1.29 is 10.2 Å². The number of aliphatic hydroxyl groups is 2. The molecule has 0 aliphatic heterocycles. The molecule has 0 unspecified atom stereocenters. The highest BCUT2D eigenvalue weighted by Crippen LogP contribution is 2.24. The van der Waals surface area contributed by atoms with Crippen molar-refractivity contribution in [1.29, 1.82) is 0 Å². The lowest BCUT2D eigenvalue weighted by atomic mass is 9.95. The van der Waals surface area contributed by atoms with Crippen molar-refractivity contribution in [3.8, 4) is 0 Å². The molecule has 84 valence electrons. The van der Waals surface area contributed by atoms with Crippen LogP contribution >= 0.6 is 12.2 Å². The first-order chi connectivity index (χ1) is 6.19. The molecule has 0 radical (unpaired) electrons. The fourth-order valence-corrected chi connectivity index (χ4v) is 2.05. The van der Waals surface area contributed by atoms with Crippen molar-refractivity contribution >= 4 is 17.3 Å². The first kappa shape index (κ1) is 13.6. The van der Waals surface area contributed by atoms with Crippen LogP contribution < -0.4 is 5.73 Å². The molecule has 0 aromatic carbocycles. The molecule has 0 saturated carbocycles. The van der Waals surface area contributed by atoms with Gasteiger partial charge in [-0.3, -0.25) is 0 Å². The van der Waals surface area contributed by atoms with Gasteiger partial charge < -0.3 is 20.8 Å². The van der Waals surface area contributed by atoms with Gasteiger partial charge in [0.1, 0.15) is 0 Å². The number of nitrogens with zero attached hydrogens (tertiary/aromatic N) is 1. The molecule has 0 aromatic rings. The van der Waals surface area contributed by atoms with Crippen molar-refractivity contribution in [2.75, 3.05) is 13.2 Å². The predicted molar refractivity (Wildman–Crippen MR) is 61.0 cm³/mol. The molecule has 4 nitrogen and oxygen atoms in total. The summed E-state index contributed by atoms with van der Waals surface area (Å²) in [6, 6.07) is 0. The van der Waals surface area contributed by atoms with Gasteiger partial charge in [-0.25, -0.2) is 0 Å². The Morgan fingerprint density at radius 3 is 1.57 bits per heavy atom. The average Bonchev–Trinajstić information content (AvgIpc) is 2.02. The Kier molecular flexibility index (Phi) is 4.30. The second-order valence-corrected chi connectivity index (χ2v) is 5.03. The van der Waals surface area contributed by atoms with Crippen LogP contribution in [0, 0.1) is 0 Å². The molecule has 0 amide bonds. The van der Waals surface area contributed by atoms with Crippen LogP contribution in [0.25, 0.3) is 0 Å². The van der Waals surface area contributed by atoms with E-state index in [1.807, 2.05) is 27.7 Å². The van der Waals surface area contributed by atoms with Gasteiger partial charge in [-0.15, -0.1) is 0 Å². The molecule has 14 heavy (non-hydrogen) atoms. The van der Waals surface area contributed by atoms with Gasteiger partial charge in [0.2, 0.25) is 0 Å². The molecular formula is C9H20N2O2S. The van der Waals surface area contributed by atoms with E-state index < -0.39 is 11.1 Å². The molecule has 0 aliphatic rings. The Bertz CT molecular complexity index is 201. The highest BCUT2D eigenvalue weighted by molar-refractivity contribution is 7.80. The molecule has 0 saturated heterocycles. The molecule has 0 aliphatic carbocycles. The number of thiocarbonyl (C=S) groups is 1. The van der Waals surface area contributed by atoms with Gasteiger partial charge in [0.15, 0.2) is 5.11 Å². The highest BCUT2D eigenvalue weighted by atomic mass is 32.1. The number of rotatable bonds is 4. The van der Waals surface area contributed by atoms with Crippen molar-refractivity contribution in [2.45, 2.75) is 38.8 Å². The third-order valence-corrected chi connectivity index (χ3v) is 2.39. The standard InChI is InChI=1S/C9H20N2O2S/c1-8(2,5-12)11(7(10)14)9(3,4)6-13/h12-13H,5-6H2,1-4H3,(H2,10,14). The third-order valence-electron chi connectivity index (χ3n) is 2.20. The number of hydrogen-bond donors (Lipinski definition) is 3. The van der Waals surface area contributed by atoms with Crippen molar-refractivity contribution in [1.82, 2.24) is 4.90 Å². The quantitative estimate of drug-likeness (QED) is 0.585. The molecule has 0 aromatic heterocycles. The maximum absolute atomic E-state index is 9.23. The molecule has 5 heteroatoms. The fraction of sp³-hybridized carbons (Fsp3) is 0.889. The van der Waals surface area contributed by atoms with Crippen molar-refractivity contribution in [3.63, 3.8) is 0 Å². The molecule has 0 rings (SSSR count). The van der Waals surface area contributed by atoms with Gasteiger partial charge in [-0.2, -0.15) is 0 Å². The molecule has 0 heterocycles. The van der Waals surface area contributed by atoms with Crippen LogP contribution in [0.5, 0.6) is 0 Å². The lowest BCUT2D eigenvalue weighted by Crippen LogP contribution is -2.62. The van der Waals surface area contributed by atoms with E-state index in [0.717, 1.165) is 0 Å². The minimum Gasteiger partial charge on any atom is -0.394 e. The lowest BCUT2D eigenvalue weighted by Gasteiger charge is -2.47. The Morgan fingerprint density at radius 1 is 1.14 bits per heavy atom. The van der Waals surface area contributed by atoms with E-state index in [0.29, 0.717) is 0 Å². The molecular weight excluding hydrogens is 200 g/mol. The molecule has 4 N–H and O–H groups in total. The number of aliphatic hydroxyl groups excluding tert-OH is 2. The Morgan fingerprint density at radius 2 is 1.43 bits per heavy atom. The minimum absolute atomic E-state index is 0.0756. The van der Waals surface area contributed by atoms with E-state index in [4.69, 9.17) is 18.0 Å². The Balaban J connectivity index is 5.06. The van der Waals surface area contributed by atoms with Gasteiger partial charge in [0.25, 0.3) is 0 Å². The van der Waals surface area contributed by atoms with Gasteiger partial charge in [0.05, 0.1) is 24.3 Å². The smallest absolute Gasteiger partial charge is 0.167 e. The molecule has 0 spiro atoms. The van der Waals surface area contributed by atoms with E-state index >= 15 is 0 Å². The predicted octanol–water partition coefficient (Wildman–Crippen LogP) is 0.0738. The zero-order chi connectivity index (χ0) is 11.6. The fourth-order valence-electron chi connectivity index (χ4n) is 1.56. The summed E-state index contributed by atoms with van der Waals surface area (Å²) in [5, 5.41) is 18.7. The van der Waals surface area contributed by atoms with E-state index in [2.05, 4.69) is 0 Å². The van der Waals surface area contributed by atoms with Crippen LogP contribution in [-0.4, -0.2) is 44.5 Å². The SMILES string of the molecule is CC(C)(CO)N(C(N)=S)C(C)(C)CO. The lowest BCUT2D eigenvalue weighted by molar-refractivity contribution is 0.0152. The topological polar surface area (TPSA) is 69.7 Å². The van der Waals surface area contributed by atoms with E-state index in [9.17, 15) is 10.2 Å². The number of nitrogens with two attached hydrogens (primary N) is 1. The van der Waals surface area contributed by atoms with Crippen molar-refractivity contribution in [3.05, 3.63) is 0 Å². The monoisotopic (exact) mass is 220 g/mol. The first-order valence-corrected chi connectivity index (χ1v) is 4.91. The van der Waals surface area contributed by atoms with Gasteiger partial charge in [0, 0.05) is 0 Å².